The molecule has 20 heavy (non-hydrogen) atoms. The van der Waals surface area contributed by atoms with Gasteiger partial charge in [0.1, 0.15) is 17.4 Å². The van der Waals surface area contributed by atoms with Crippen molar-refractivity contribution in [3.8, 4) is 0 Å². The lowest BCUT2D eigenvalue weighted by atomic mass is 10.3. The number of rotatable bonds is 3. The molecule has 0 aliphatic heterocycles. The second-order valence-electron chi connectivity index (χ2n) is 3.95. The van der Waals surface area contributed by atoms with Crippen LogP contribution in [0.15, 0.2) is 46.4 Å². The van der Waals surface area contributed by atoms with Gasteiger partial charge in [-0.05, 0) is 24.5 Å². The molecule has 0 saturated heterocycles. The van der Waals surface area contributed by atoms with Crippen LogP contribution in [0.3, 0.4) is 0 Å². The monoisotopic (exact) mass is 347 g/mol. The number of benzene rings is 1. The number of aromatic nitrogens is 4. The zero-order valence-corrected chi connectivity index (χ0v) is 12.9. The summed E-state index contributed by atoms with van der Waals surface area (Å²) in [6, 6.07) is 7.87. The standard InChI is InChI=1S/C13H10BrN5S/c1-20-13-15-6-10-11(19-13)12(17-7-16-10)18-9-4-2-3-8(14)5-9/h2-7H,1H3,(H,16,17,18). The molecule has 0 bridgehead atoms. The molecule has 2 heterocycles. The van der Waals surface area contributed by atoms with Gasteiger partial charge in [0, 0.05) is 10.2 Å². The molecular formula is C13H10BrN5S. The summed E-state index contributed by atoms with van der Waals surface area (Å²) < 4.78 is 1.00. The fourth-order valence-electron chi connectivity index (χ4n) is 1.73. The predicted octanol–water partition coefficient (Wildman–Crippen LogP) is 3.65. The van der Waals surface area contributed by atoms with Crippen molar-refractivity contribution in [2.75, 3.05) is 11.6 Å². The van der Waals surface area contributed by atoms with Crippen molar-refractivity contribution in [3.05, 3.63) is 41.3 Å². The maximum Gasteiger partial charge on any atom is 0.188 e. The second-order valence-corrected chi connectivity index (χ2v) is 5.64. The van der Waals surface area contributed by atoms with E-state index < -0.39 is 0 Å². The molecule has 0 saturated carbocycles. The SMILES string of the molecule is CSc1ncc2ncnc(Nc3cccc(Br)c3)c2n1. The van der Waals surface area contributed by atoms with E-state index in [0.29, 0.717) is 16.5 Å². The number of thioether (sulfide) groups is 1. The van der Waals surface area contributed by atoms with Crippen molar-refractivity contribution in [2.45, 2.75) is 5.16 Å². The number of anilines is 2. The number of nitrogens with zero attached hydrogens (tertiary/aromatic N) is 4. The van der Waals surface area contributed by atoms with Crippen molar-refractivity contribution in [3.63, 3.8) is 0 Å². The van der Waals surface area contributed by atoms with E-state index in [2.05, 4.69) is 41.2 Å². The average Bonchev–Trinajstić information content (AvgIpc) is 2.47. The van der Waals surface area contributed by atoms with E-state index in [1.165, 1.54) is 18.1 Å². The summed E-state index contributed by atoms with van der Waals surface area (Å²) in [5.74, 6) is 0.672. The summed E-state index contributed by atoms with van der Waals surface area (Å²) in [6.45, 7) is 0. The number of fused-ring (bicyclic) bond motifs is 1. The Kier molecular flexibility index (Phi) is 3.79. The first-order chi connectivity index (χ1) is 9.76. The van der Waals surface area contributed by atoms with Crippen molar-refractivity contribution < 1.29 is 0 Å². The zero-order chi connectivity index (χ0) is 13.9. The van der Waals surface area contributed by atoms with E-state index in [-0.39, 0.29) is 0 Å². The maximum absolute atomic E-state index is 4.46. The van der Waals surface area contributed by atoms with Gasteiger partial charge in [-0.2, -0.15) is 0 Å². The van der Waals surface area contributed by atoms with Crippen molar-refractivity contribution in [2.24, 2.45) is 0 Å². The van der Waals surface area contributed by atoms with Gasteiger partial charge in [-0.3, -0.25) is 0 Å². The second kappa shape index (κ2) is 5.72. The van der Waals surface area contributed by atoms with Gasteiger partial charge in [-0.1, -0.05) is 33.8 Å². The molecule has 0 radical (unpaired) electrons. The Bertz CT molecular complexity index is 765. The molecule has 7 heteroatoms. The van der Waals surface area contributed by atoms with Crippen LogP contribution >= 0.6 is 27.7 Å². The molecule has 0 aliphatic rings. The molecule has 0 atom stereocenters. The maximum atomic E-state index is 4.46. The summed E-state index contributed by atoms with van der Waals surface area (Å²) in [4.78, 5) is 17.1. The van der Waals surface area contributed by atoms with Crippen molar-refractivity contribution >= 4 is 50.2 Å². The first-order valence-electron chi connectivity index (χ1n) is 5.80. The van der Waals surface area contributed by atoms with Gasteiger partial charge in [0.05, 0.1) is 6.20 Å². The van der Waals surface area contributed by atoms with E-state index in [0.717, 1.165) is 15.7 Å². The number of nitrogens with one attached hydrogen (secondary N) is 1. The molecule has 1 aromatic carbocycles. The Balaban J connectivity index is 2.06. The molecule has 0 aliphatic carbocycles. The Morgan fingerprint density at radius 3 is 2.90 bits per heavy atom. The topological polar surface area (TPSA) is 63.6 Å². The first-order valence-corrected chi connectivity index (χ1v) is 7.82. The van der Waals surface area contributed by atoms with Crippen LogP contribution in [0.4, 0.5) is 11.5 Å². The highest BCUT2D eigenvalue weighted by atomic mass is 79.9. The fourth-order valence-corrected chi connectivity index (χ4v) is 2.47. The molecule has 2 aromatic heterocycles. The lowest BCUT2D eigenvalue weighted by Gasteiger charge is -2.08. The molecule has 3 rings (SSSR count). The molecular weight excluding hydrogens is 338 g/mol. The summed E-state index contributed by atoms with van der Waals surface area (Å²) in [5, 5.41) is 3.96. The fraction of sp³-hybridized carbons (Fsp3) is 0.0769. The largest absolute Gasteiger partial charge is 0.338 e. The summed E-state index contributed by atoms with van der Waals surface area (Å²) in [5.41, 5.74) is 2.37. The molecule has 100 valence electrons. The Morgan fingerprint density at radius 1 is 1.20 bits per heavy atom. The van der Waals surface area contributed by atoms with E-state index >= 15 is 0 Å². The van der Waals surface area contributed by atoms with Crippen LogP contribution in [0.25, 0.3) is 11.0 Å². The number of hydrogen-bond donors (Lipinski definition) is 1. The number of hydrogen-bond acceptors (Lipinski definition) is 6. The van der Waals surface area contributed by atoms with E-state index in [9.17, 15) is 0 Å². The minimum absolute atomic E-state index is 0.672. The van der Waals surface area contributed by atoms with Crippen LogP contribution in [0.5, 0.6) is 0 Å². The van der Waals surface area contributed by atoms with E-state index in [4.69, 9.17) is 0 Å². The predicted molar refractivity (Wildman–Crippen MR) is 84.3 cm³/mol. The highest BCUT2D eigenvalue weighted by molar-refractivity contribution is 9.10. The van der Waals surface area contributed by atoms with E-state index in [1.54, 1.807) is 6.20 Å². The third-order valence-corrected chi connectivity index (χ3v) is 3.68. The van der Waals surface area contributed by atoms with Gasteiger partial charge < -0.3 is 5.32 Å². The Morgan fingerprint density at radius 2 is 2.10 bits per heavy atom. The lowest BCUT2D eigenvalue weighted by Crippen LogP contribution is -1.99. The van der Waals surface area contributed by atoms with Crippen LogP contribution < -0.4 is 5.32 Å². The van der Waals surface area contributed by atoms with Crippen LogP contribution in [-0.2, 0) is 0 Å². The molecule has 0 spiro atoms. The Hall–Kier alpha value is -1.73. The van der Waals surface area contributed by atoms with Gasteiger partial charge in [-0.25, -0.2) is 19.9 Å². The van der Waals surface area contributed by atoms with Crippen molar-refractivity contribution in [1.29, 1.82) is 0 Å². The van der Waals surface area contributed by atoms with Gasteiger partial charge in [0.25, 0.3) is 0 Å². The number of halogens is 1. The van der Waals surface area contributed by atoms with E-state index in [1.807, 2.05) is 30.5 Å². The van der Waals surface area contributed by atoms with Gasteiger partial charge in [0.15, 0.2) is 11.0 Å². The van der Waals surface area contributed by atoms with Crippen LogP contribution in [-0.4, -0.2) is 26.2 Å². The molecule has 3 aromatic rings. The highest BCUT2D eigenvalue weighted by Gasteiger charge is 2.07. The molecule has 5 nitrogen and oxygen atoms in total. The van der Waals surface area contributed by atoms with Crippen LogP contribution in [0, 0.1) is 0 Å². The first kappa shape index (κ1) is 13.3. The normalized spacial score (nSPS) is 10.7. The molecule has 0 amide bonds. The third-order valence-electron chi connectivity index (χ3n) is 2.63. The van der Waals surface area contributed by atoms with Gasteiger partial charge in [-0.15, -0.1) is 0 Å². The van der Waals surface area contributed by atoms with Crippen LogP contribution in [0.2, 0.25) is 0 Å². The molecule has 0 fully saturated rings. The molecule has 0 unspecified atom stereocenters. The Labute approximate surface area is 128 Å². The summed E-state index contributed by atoms with van der Waals surface area (Å²) >= 11 is 4.93. The summed E-state index contributed by atoms with van der Waals surface area (Å²) in [7, 11) is 0. The van der Waals surface area contributed by atoms with Crippen molar-refractivity contribution in [1.82, 2.24) is 19.9 Å². The van der Waals surface area contributed by atoms with Gasteiger partial charge >= 0.3 is 0 Å². The van der Waals surface area contributed by atoms with Gasteiger partial charge in [0.2, 0.25) is 0 Å². The highest BCUT2D eigenvalue weighted by Crippen LogP contribution is 2.24. The van der Waals surface area contributed by atoms with Crippen LogP contribution in [0.1, 0.15) is 0 Å². The minimum atomic E-state index is 0.672. The zero-order valence-electron chi connectivity index (χ0n) is 10.5. The lowest BCUT2D eigenvalue weighted by molar-refractivity contribution is 0.993. The smallest absolute Gasteiger partial charge is 0.188 e. The minimum Gasteiger partial charge on any atom is -0.338 e. The quantitative estimate of drug-likeness (QED) is 0.576. The average molecular weight is 348 g/mol. The third kappa shape index (κ3) is 2.73. The summed E-state index contributed by atoms with van der Waals surface area (Å²) in [6.07, 6.45) is 5.15. The molecule has 1 N–H and O–H groups in total.